The second-order valence-corrected chi connectivity index (χ2v) is 9.81. The van der Waals surface area contributed by atoms with E-state index in [4.69, 9.17) is 0 Å². The molecule has 0 atom stereocenters. The molecule has 0 aromatic heterocycles. The summed E-state index contributed by atoms with van der Waals surface area (Å²) in [5, 5.41) is 0. The van der Waals surface area contributed by atoms with Gasteiger partial charge < -0.3 is 0 Å². The van der Waals surface area contributed by atoms with E-state index in [0.29, 0.717) is 18.7 Å². The zero-order valence-corrected chi connectivity index (χ0v) is 15.0. The van der Waals surface area contributed by atoms with Crippen molar-refractivity contribution >= 4 is 20.0 Å². The molecule has 8 heteroatoms. The van der Waals surface area contributed by atoms with Crippen molar-refractivity contribution in [1.82, 2.24) is 9.03 Å². The van der Waals surface area contributed by atoms with E-state index in [2.05, 4.69) is 4.72 Å². The Morgan fingerprint density at radius 3 is 2.22 bits per heavy atom. The molecule has 0 spiro atoms. The maximum atomic E-state index is 12.2. The molecule has 0 aliphatic carbocycles. The van der Waals surface area contributed by atoms with Gasteiger partial charge in [-0.05, 0) is 25.3 Å². The second-order valence-electron chi connectivity index (χ2n) is 5.91. The van der Waals surface area contributed by atoms with Crippen LogP contribution < -0.4 is 4.72 Å². The first kappa shape index (κ1) is 18.4. The lowest BCUT2D eigenvalue weighted by Gasteiger charge is -2.25. The lowest BCUT2D eigenvalue weighted by atomic mass is 10.2. The fourth-order valence-electron chi connectivity index (χ4n) is 2.55. The molecule has 0 amide bonds. The first-order valence-corrected chi connectivity index (χ1v) is 11.1. The Bertz CT molecular complexity index is 706. The highest BCUT2D eigenvalue weighted by molar-refractivity contribution is 7.89. The van der Waals surface area contributed by atoms with Crippen LogP contribution in [-0.2, 0) is 25.8 Å². The third-order valence-corrected chi connectivity index (χ3v) is 7.10. The topological polar surface area (TPSA) is 83.5 Å². The van der Waals surface area contributed by atoms with E-state index in [1.54, 1.807) is 12.1 Å². The molecule has 2 rings (SSSR count). The number of sulfonamides is 2. The predicted molar refractivity (Wildman–Crippen MR) is 91.0 cm³/mol. The second kappa shape index (κ2) is 7.74. The van der Waals surface area contributed by atoms with Crippen molar-refractivity contribution in [3.05, 3.63) is 35.4 Å². The minimum atomic E-state index is -3.53. The van der Waals surface area contributed by atoms with Gasteiger partial charge in [0.05, 0.1) is 11.5 Å². The van der Waals surface area contributed by atoms with Crippen molar-refractivity contribution in [1.29, 1.82) is 0 Å². The zero-order chi connectivity index (χ0) is 16.9. The van der Waals surface area contributed by atoms with Crippen molar-refractivity contribution in [3.8, 4) is 0 Å². The van der Waals surface area contributed by atoms with E-state index in [1.807, 2.05) is 19.1 Å². The molecule has 1 aromatic carbocycles. The Morgan fingerprint density at radius 1 is 1.00 bits per heavy atom. The van der Waals surface area contributed by atoms with Crippen LogP contribution >= 0.6 is 0 Å². The van der Waals surface area contributed by atoms with Crippen LogP contribution in [0.25, 0.3) is 0 Å². The van der Waals surface area contributed by atoms with E-state index >= 15 is 0 Å². The van der Waals surface area contributed by atoms with Crippen LogP contribution in [-0.4, -0.2) is 46.5 Å². The summed E-state index contributed by atoms with van der Waals surface area (Å²) in [5.41, 5.74) is 1.74. The quantitative estimate of drug-likeness (QED) is 0.793. The van der Waals surface area contributed by atoms with Gasteiger partial charge in [0, 0.05) is 19.6 Å². The SMILES string of the molecule is Cc1ccc(CS(=O)(=O)NCCS(=O)(=O)N2CCCCC2)cc1. The number of nitrogens with zero attached hydrogens (tertiary/aromatic N) is 1. The average molecular weight is 361 g/mol. The molecular formula is C15H24N2O4S2. The lowest BCUT2D eigenvalue weighted by molar-refractivity contribution is 0.346. The normalized spacial score (nSPS) is 17.3. The molecular weight excluding hydrogens is 336 g/mol. The fraction of sp³-hybridized carbons (Fsp3) is 0.600. The van der Waals surface area contributed by atoms with E-state index in [9.17, 15) is 16.8 Å². The van der Waals surface area contributed by atoms with Crippen LogP contribution in [0.4, 0.5) is 0 Å². The molecule has 0 saturated carbocycles. The van der Waals surface area contributed by atoms with Gasteiger partial charge in [-0.3, -0.25) is 0 Å². The molecule has 1 aliphatic heterocycles. The lowest BCUT2D eigenvalue weighted by Crippen LogP contribution is -2.40. The minimum Gasteiger partial charge on any atom is -0.214 e. The summed E-state index contributed by atoms with van der Waals surface area (Å²) in [4.78, 5) is 0. The molecule has 1 saturated heterocycles. The minimum absolute atomic E-state index is 0.0902. The average Bonchev–Trinajstić information content (AvgIpc) is 2.50. The maximum absolute atomic E-state index is 12.2. The highest BCUT2D eigenvalue weighted by Crippen LogP contribution is 2.13. The summed E-state index contributed by atoms with van der Waals surface area (Å²) in [6.45, 7) is 2.92. The van der Waals surface area contributed by atoms with Gasteiger partial charge in [0.2, 0.25) is 20.0 Å². The van der Waals surface area contributed by atoms with Gasteiger partial charge >= 0.3 is 0 Å². The van der Waals surface area contributed by atoms with Crippen LogP contribution in [0.2, 0.25) is 0 Å². The Balaban J connectivity index is 1.85. The Hall–Kier alpha value is -0.960. The number of hydrogen-bond donors (Lipinski definition) is 1. The van der Waals surface area contributed by atoms with Crippen LogP contribution in [0.1, 0.15) is 30.4 Å². The number of hydrogen-bond acceptors (Lipinski definition) is 4. The summed E-state index contributed by atoms with van der Waals surface area (Å²) < 4.78 is 52.2. The monoisotopic (exact) mass is 360 g/mol. The molecule has 130 valence electrons. The highest BCUT2D eigenvalue weighted by atomic mass is 32.2. The van der Waals surface area contributed by atoms with Crippen molar-refractivity contribution < 1.29 is 16.8 Å². The molecule has 1 aliphatic rings. The Kier molecular flexibility index (Phi) is 6.19. The van der Waals surface area contributed by atoms with Gasteiger partial charge in [0.15, 0.2) is 0 Å². The Labute approximate surface area is 139 Å². The first-order valence-electron chi connectivity index (χ1n) is 7.79. The van der Waals surface area contributed by atoms with Crippen molar-refractivity contribution in [2.45, 2.75) is 31.9 Å². The summed E-state index contributed by atoms with van der Waals surface area (Å²) in [5.74, 6) is -0.336. The highest BCUT2D eigenvalue weighted by Gasteiger charge is 2.24. The van der Waals surface area contributed by atoms with Gasteiger partial charge in [0.25, 0.3) is 0 Å². The number of aryl methyl sites for hydroxylation is 1. The van der Waals surface area contributed by atoms with Gasteiger partial charge in [-0.1, -0.05) is 36.2 Å². The molecule has 0 radical (unpaired) electrons. The van der Waals surface area contributed by atoms with Gasteiger partial charge in [-0.2, -0.15) is 0 Å². The van der Waals surface area contributed by atoms with E-state index in [0.717, 1.165) is 24.8 Å². The van der Waals surface area contributed by atoms with Crippen LogP contribution in [0.5, 0.6) is 0 Å². The third kappa shape index (κ3) is 5.87. The molecule has 23 heavy (non-hydrogen) atoms. The van der Waals surface area contributed by atoms with Crippen LogP contribution in [0, 0.1) is 6.92 Å². The predicted octanol–water partition coefficient (Wildman–Crippen LogP) is 1.23. The standard InChI is InChI=1S/C15H24N2O4S2/c1-14-5-7-15(8-6-14)13-22(18,19)16-9-12-23(20,21)17-10-3-2-4-11-17/h5-8,16H,2-4,9-13H2,1H3. The van der Waals surface area contributed by atoms with Crippen LogP contribution in [0.15, 0.2) is 24.3 Å². The first-order chi connectivity index (χ1) is 10.8. The third-order valence-electron chi connectivity index (χ3n) is 3.87. The molecule has 1 fully saturated rings. The summed E-state index contributed by atoms with van der Waals surface area (Å²) in [6, 6.07) is 7.23. The number of piperidine rings is 1. The molecule has 1 aromatic rings. The smallest absolute Gasteiger partial charge is 0.214 e. The fourth-order valence-corrected chi connectivity index (χ4v) is 5.26. The number of benzene rings is 1. The molecule has 0 unspecified atom stereocenters. The van der Waals surface area contributed by atoms with Crippen LogP contribution in [0.3, 0.4) is 0 Å². The maximum Gasteiger partial charge on any atom is 0.215 e. The molecule has 1 heterocycles. The van der Waals surface area contributed by atoms with Gasteiger partial charge in [0.1, 0.15) is 0 Å². The molecule has 6 nitrogen and oxygen atoms in total. The van der Waals surface area contributed by atoms with Crippen molar-refractivity contribution in [2.24, 2.45) is 0 Å². The summed E-state index contributed by atoms with van der Waals surface area (Å²) in [6.07, 6.45) is 2.80. The summed E-state index contributed by atoms with van der Waals surface area (Å²) in [7, 11) is -6.91. The molecule has 0 bridgehead atoms. The largest absolute Gasteiger partial charge is 0.215 e. The number of rotatable bonds is 7. The van der Waals surface area contributed by atoms with E-state index in [1.165, 1.54) is 4.31 Å². The number of nitrogens with one attached hydrogen (secondary N) is 1. The van der Waals surface area contributed by atoms with Gasteiger partial charge in [-0.15, -0.1) is 0 Å². The van der Waals surface area contributed by atoms with E-state index < -0.39 is 20.0 Å². The summed E-state index contributed by atoms with van der Waals surface area (Å²) >= 11 is 0. The Morgan fingerprint density at radius 2 is 1.61 bits per heavy atom. The zero-order valence-electron chi connectivity index (χ0n) is 13.4. The van der Waals surface area contributed by atoms with Crippen molar-refractivity contribution in [3.63, 3.8) is 0 Å². The van der Waals surface area contributed by atoms with Gasteiger partial charge in [-0.25, -0.2) is 25.9 Å². The van der Waals surface area contributed by atoms with E-state index in [-0.39, 0.29) is 18.1 Å². The molecule has 1 N–H and O–H groups in total. The van der Waals surface area contributed by atoms with Crippen molar-refractivity contribution in [2.75, 3.05) is 25.4 Å².